The van der Waals surface area contributed by atoms with E-state index in [1.54, 1.807) is 24.8 Å². The molecule has 0 fully saturated rings. The summed E-state index contributed by atoms with van der Waals surface area (Å²) in [7, 11) is 0. The second-order valence-corrected chi connectivity index (χ2v) is 3.47. The van der Waals surface area contributed by atoms with Gasteiger partial charge in [-0.05, 0) is 12.7 Å². The highest BCUT2D eigenvalue weighted by Crippen LogP contribution is 2.18. The normalized spacial score (nSPS) is 13.5. The summed E-state index contributed by atoms with van der Waals surface area (Å²) in [5.41, 5.74) is 0. The van der Waals surface area contributed by atoms with Crippen molar-refractivity contribution in [3.05, 3.63) is 11.0 Å². The molecule has 0 aliphatic carbocycles. The van der Waals surface area contributed by atoms with Gasteiger partial charge in [-0.15, -0.1) is 11.8 Å². The van der Waals surface area contributed by atoms with Crippen LogP contribution in [0.15, 0.2) is 11.0 Å². The van der Waals surface area contributed by atoms with E-state index >= 15 is 0 Å². The number of rotatable bonds is 3. The van der Waals surface area contributed by atoms with Crippen molar-refractivity contribution in [2.24, 2.45) is 0 Å². The van der Waals surface area contributed by atoms with Gasteiger partial charge in [-0.1, -0.05) is 18.8 Å². The van der Waals surface area contributed by atoms with Crippen LogP contribution in [0.5, 0.6) is 0 Å². The summed E-state index contributed by atoms with van der Waals surface area (Å²) in [6, 6.07) is 0. The van der Waals surface area contributed by atoms with Crippen molar-refractivity contribution >= 4 is 11.8 Å². The molecule has 2 nitrogen and oxygen atoms in total. The summed E-state index contributed by atoms with van der Waals surface area (Å²) in [6.45, 7) is 3.58. The maximum Gasteiger partial charge on any atom is 0.104 e. The van der Waals surface area contributed by atoms with E-state index in [2.05, 4.69) is 11.8 Å². The number of hydrogen-bond donors (Lipinski definition) is 2. The molecule has 1 unspecified atom stereocenters. The first-order valence-corrected chi connectivity index (χ1v) is 4.81. The molecule has 0 heterocycles. The molecule has 0 spiro atoms. The van der Waals surface area contributed by atoms with Crippen molar-refractivity contribution in [2.45, 2.75) is 20.0 Å². The van der Waals surface area contributed by atoms with Crippen molar-refractivity contribution in [1.82, 2.24) is 0 Å². The van der Waals surface area contributed by atoms with Crippen molar-refractivity contribution < 1.29 is 10.2 Å². The third-order valence-electron chi connectivity index (χ3n) is 1.12. The fourth-order valence-electron chi connectivity index (χ4n) is 0.617. The largest absolute Gasteiger partial charge is 0.388 e. The minimum Gasteiger partial charge on any atom is -0.388 e. The zero-order chi connectivity index (χ0) is 9.40. The molecule has 0 saturated carbocycles. The van der Waals surface area contributed by atoms with Crippen LogP contribution in [-0.2, 0) is 0 Å². The number of hydrogen-bond acceptors (Lipinski definition) is 3. The van der Waals surface area contributed by atoms with E-state index in [0.29, 0.717) is 0 Å². The minimum absolute atomic E-state index is 0.139. The van der Waals surface area contributed by atoms with Crippen LogP contribution in [0, 0.1) is 11.8 Å². The van der Waals surface area contributed by atoms with Gasteiger partial charge in [0.2, 0.25) is 0 Å². The molecule has 0 aliphatic heterocycles. The monoisotopic (exact) mass is 186 g/mol. The van der Waals surface area contributed by atoms with Crippen LogP contribution in [0.2, 0.25) is 0 Å². The van der Waals surface area contributed by atoms with Gasteiger partial charge in [0.15, 0.2) is 0 Å². The quantitative estimate of drug-likeness (QED) is 0.646. The fraction of sp³-hybridized carbons (Fsp3) is 0.556. The second kappa shape index (κ2) is 7.23. The molecule has 0 aromatic rings. The van der Waals surface area contributed by atoms with E-state index in [0.717, 1.165) is 10.7 Å². The van der Waals surface area contributed by atoms with Gasteiger partial charge in [0.25, 0.3) is 0 Å². The number of thioether (sulfide) groups is 1. The molecule has 0 aromatic carbocycles. The van der Waals surface area contributed by atoms with E-state index in [1.807, 2.05) is 6.92 Å². The molecular weight excluding hydrogens is 172 g/mol. The highest BCUT2D eigenvalue weighted by Gasteiger charge is 2.02. The van der Waals surface area contributed by atoms with Crippen LogP contribution in [0.4, 0.5) is 0 Å². The van der Waals surface area contributed by atoms with Gasteiger partial charge in [-0.2, -0.15) is 0 Å². The highest BCUT2D eigenvalue weighted by atomic mass is 32.2. The number of aliphatic hydroxyl groups excluding tert-OH is 2. The lowest BCUT2D eigenvalue weighted by atomic mass is 10.3. The minimum atomic E-state index is -0.469. The lowest BCUT2D eigenvalue weighted by molar-refractivity contribution is 0.240. The maximum absolute atomic E-state index is 9.22. The van der Waals surface area contributed by atoms with Gasteiger partial charge in [0.05, 0.1) is 6.10 Å². The topological polar surface area (TPSA) is 40.5 Å². The van der Waals surface area contributed by atoms with E-state index < -0.39 is 6.10 Å². The Morgan fingerprint density at radius 3 is 2.75 bits per heavy atom. The second-order valence-electron chi connectivity index (χ2n) is 2.13. The fourth-order valence-corrected chi connectivity index (χ4v) is 1.33. The lowest BCUT2D eigenvalue weighted by Gasteiger charge is -2.05. The van der Waals surface area contributed by atoms with E-state index in [4.69, 9.17) is 5.11 Å². The Bertz CT molecular complexity index is 198. The summed E-state index contributed by atoms with van der Waals surface area (Å²) in [5.74, 6) is 6.07. The Morgan fingerprint density at radius 2 is 2.33 bits per heavy atom. The van der Waals surface area contributed by atoms with Crippen LogP contribution in [0.25, 0.3) is 0 Å². The Balaban J connectivity index is 4.17. The van der Waals surface area contributed by atoms with E-state index in [9.17, 15) is 5.11 Å². The lowest BCUT2D eigenvalue weighted by Crippen LogP contribution is -2.01. The van der Waals surface area contributed by atoms with Crippen molar-refractivity contribution in [3.8, 4) is 11.8 Å². The SMILES string of the molecule is CCS/C(=C/C#CCO)C(C)O. The van der Waals surface area contributed by atoms with Gasteiger partial charge in [-0.25, -0.2) is 0 Å². The Morgan fingerprint density at radius 1 is 1.67 bits per heavy atom. The molecule has 3 heteroatoms. The first-order chi connectivity index (χ1) is 5.72. The van der Waals surface area contributed by atoms with Crippen molar-refractivity contribution in [2.75, 3.05) is 12.4 Å². The van der Waals surface area contributed by atoms with Gasteiger partial charge in [0.1, 0.15) is 6.61 Å². The standard InChI is InChI=1S/C9H14O2S/c1-3-12-9(8(2)11)6-4-5-7-10/h6,8,10-11H,3,7H2,1-2H3/b9-6+. The first kappa shape index (κ1) is 11.6. The predicted molar refractivity (Wildman–Crippen MR) is 52.8 cm³/mol. The Kier molecular flexibility index (Phi) is 6.97. The molecule has 0 radical (unpaired) electrons. The molecular formula is C9H14O2S. The zero-order valence-electron chi connectivity index (χ0n) is 7.37. The average molecular weight is 186 g/mol. The molecule has 68 valence electrons. The van der Waals surface area contributed by atoms with Gasteiger partial charge in [0, 0.05) is 11.0 Å². The Labute approximate surface area is 77.7 Å². The third kappa shape index (κ3) is 5.25. The predicted octanol–water partition coefficient (Wildman–Crippen LogP) is 1.000. The highest BCUT2D eigenvalue weighted by molar-refractivity contribution is 8.03. The molecule has 0 aromatic heterocycles. The van der Waals surface area contributed by atoms with Crippen molar-refractivity contribution in [1.29, 1.82) is 0 Å². The van der Waals surface area contributed by atoms with Crippen LogP contribution < -0.4 is 0 Å². The molecule has 0 rings (SSSR count). The summed E-state index contributed by atoms with van der Waals surface area (Å²) < 4.78 is 0. The summed E-state index contributed by atoms with van der Waals surface area (Å²) in [6.07, 6.45) is 1.18. The average Bonchev–Trinajstić information content (AvgIpc) is 2.03. The molecule has 0 saturated heterocycles. The Hall–Kier alpha value is -0.430. The smallest absolute Gasteiger partial charge is 0.104 e. The van der Waals surface area contributed by atoms with Gasteiger partial charge >= 0.3 is 0 Å². The molecule has 0 bridgehead atoms. The summed E-state index contributed by atoms with van der Waals surface area (Å²) in [5, 5.41) is 17.6. The van der Waals surface area contributed by atoms with Gasteiger partial charge in [-0.3, -0.25) is 0 Å². The zero-order valence-corrected chi connectivity index (χ0v) is 8.19. The first-order valence-electron chi connectivity index (χ1n) is 3.82. The molecule has 2 N–H and O–H groups in total. The molecule has 0 amide bonds. The van der Waals surface area contributed by atoms with Crippen LogP contribution in [0.3, 0.4) is 0 Å². The van der Waals surface area contributed by atoms with E-state index in [-0.39, 0.29) is 6.61 Å². The molecule has 12 heavy (non-hydrogen) atoms. The van der Waals surface area contributed by atoms with Crippen LogP contribution in [0.1, 0.15) is 13.8 Å². The maximum atomic E-state index is 9.22. The van der Waals surface area contributed by atoms with Crippen LogP contribution in [-0.4, -0.2) is 28.7 Å². The number of aliphatic hydroxyl groups is 2. The molecule has 1 atom stereocenters. The van der Waals surface area contributed by atoms with Gasteiger partial charge < -0.3 is 10.2 Å². The summed E-state index contributed by atoms with van der Waals surface area (Å²) >= 11 is 1.56. The summed E-state index contributed by atoms with van der Waals surface area (Å²) in [4.78, 5) is 0.846. The van der Waals surface area contributed by atoms with Crippen LogP contribution >= 0.6 is 11.8 Å². The van der Waals surface area contributed by atoms with E-state index in [1.165, 1.54) is 0 Å². The molecule has 0 aliphatic rings. The third-order valence-corrected chi connectivity index (χ3v) is 2.20. The number of allylic oxidation sites excluding steroid dienone is 1. The van der Waals surface area contributed by atoms with Crippen molar-refractivity contribution in [3.63, 3.8) is 0 Å².